The van der Waals surface area contributed by atoms with Crippen LogP contribution in [0, 0.1) is 6.92 Å². The van der Waals surface area contributed by atoms with Crippen LogP contribution in [0.15, 0.2) is 29.1 Å². The number of para-hydroxylation sites is 1. The number of ether oxygens (including phenoxy) is 1. The molecule has 1 aliphatic rings. The number of nitrogens with one attached hydrogen (secondary N) is 2. The highest BCUT2D eigenvalue weighted by atomic mass is 16.5. The zero-order chi connectivity index (χ0) is 20.3. The maximum absolute atomic E-state index is 12.5. The molecule has 1 aliphatic carbocycles. The van der Waals surface area contributed by atoms with Crippen LogP contribution in [0.4, 0.5) is 0 Å². The highest BCUT2D eigenvalue weighted by molar-refractivity contribution is 5.79. The molecule has 0 atom stereocenters. The largest absolute Gasteiger partial charge is 0.390 e. The fraction of sp³-hybridized carbons (Fsp3) is 0.545. The molecule has 0 spiro atoms. The summed E-state index contributed by atoms with van der Waals surface area (Å²) in [6, 6.07) is 7.65. The second-order valence-corrected chi connectivity index (χ2v) is 8.44. The molecule has 1 amide bonds. The molecule has 1 fully saturated rings. The Labute approximate surface area is 165 Å². The Morgan fingerprint density at radius 3 is 2.61 bits per heavy atom. The quantitative estimate of drug-likeness (QED) is 0.712. The van der Waals surface area contributed by atoms with Gasteiger partial charge in [-0.15, -0.1) is 0 Å². The lowest BCUT2D eigenvalue weighted by Crippen LogP contribution is -2.41. The smallest absolute Gasteiger partial charge is 0.223 e. The van der Waals surface area contributed by atoms with Crippen molar-refractivity contribution >= 4 is 16.8 Å². The molecule has 0 radical (unpaired) electrons. The first kappa shape index (κ1) is 20.6. The molecule has 152 valence electrons. The number of pyridine rings is 1. The van der Waals surface area contributed by atoms with Crippen LogP contribution in [0.1, 0.15) is 57.2 Å². The van der Waals surface area contributed by atoms with Crippen molar-refractivity contribution in [3.05, 3.63) is 45.7 Å². The maximum atomic E-state index is 12.5. The zero-order valence-corrected chi connectivity index (χ0v) is 16.9. The Balaban J connectivity index is 1.52. The summed E-state index contributed by atoms with van der Waals surface area (Å²) in [4.78, 5) is 27.8. The highest BCUT2D eigenvalue weighted by Gasteiger charge is 2.25. The predicted molar refractivity (Wildman–Crippen MR) is 109 cm³/mol. The number of rotatable bonds is 6. The minimum Gasteiger partial charge on any atom is -0.390 e. The number of amides is 1. The number of hydrogen-bond donors (Lipinski definition) is 3. The zero-order valence-electron chi connectivity index (χ0n) is 16.9. The normalized spacial score (nSPS) is 20.3. The van der Waals surface area contributed by atoms with Crippen molar-refractivity contribution in [3.63, 3.8) is 0 Å². The molecule has 1 aromatic heterocycles. The number of hydrogen-bond acceptors (Lipinski definition) is 4. The molecule has 0 saturated heterocycles. The van der Waals surface area contributed by atoms with E-state index in [1.165, 1.54) is 0 Å². The maximum Gasteiger partial charge on any atom is 0.223 e. The van der Waals surface area contributed by atoms with Crippen LogP contribution in [-0.4, -0.2) is 33.7 Å². The molecule has 2 aromatic rings. The Morgan fingerprint density at radius 1 is 1.25 bits per heavy atom. The summed E-state index contributed by atoms with van der Waals surface area (Å²) >= 11 is 0. The second-order valence-electron chi connectivity index (χ2n) is 8.44. The lowest BCUT2D eigenvalue weighted by atomic mass is 9.92. The van der Waals surface area contributed by atoms with Gasteiger partial charge in [-0.1, -0.05) is 12.1 Å². The molecule has 1 aromatic carbocycles. The van der Waals surface area contributed by atoms with Gasteiger partial charge in [0.1, 0.15) is 0 Å². The van der Waals surface area contributed by atoms with Gasteiger partial charge in [0.25, 0.3) is 0 Å². The summed E-state index contributed by atoms with van der Waals surface area (Å²) in [7, 11) is 0. The summed E-state index contributed by atoms with van der Waals surface area (Å²) in [6.45, 7) is 5.48. The molecule has 3 N–H and O–H groups in total. The van der Waals surface area contributed by atoms with E-state index in [9.17, 15) is 14.7 Å². The lowest BCUT2D eigenvalue weighted by Gasteiger charge is -2.30. The molecule has 3 rings (SSSR count). The van der Waals surface area contributed by atoms with Gasteiger partial charge in [-0.05, 0) is 58.6 Å². The molecule has 6 nitrogen and oxygen atoms in total. The van der Waals surface area contributed by atoms with Gasteiger partial charge in [-0.3, -0.25) is 9.59 Å². The third kappa shape index (κ3) is 5.20. The minimum absolute atomic E-state index is 0.0474. The van der Waals surface area contributed by atoms with Crippen molar-refractivity contribution < 1.29 is 14.6 Å². The van der Waals surface area contributed by atoms with Gasteiger partial charge >= 0.3 is 0 Å². The first-order chi connectivity index (χ1) is 13.2. The Bertz CT molecular complexity index is 890. The van der Waals surface area contributed by atoms with Crippen molar-refractivity contribution in [1.82, 2.24) is 10.3 Å². The number of carbonyl (C=O) groups excluding carboxylic acids is 1. The van der Waals surface area contributed by atoms with E-state index in [-0.39, 0.29) is 29.9 Å². The summed E-state index contributed by atoms with van der Waals surface area (Å²) in [5.74, 6) is -0.110. The molecule has 0 aliphatic heterocycles. The molecule has 28 heavy (non-hydrogen) atoms. The third-order valence-electron chi connectivity index (χ3n) is 5.35. The number of aromatic amines is 1. The second kappa shape index (κ2) is 8.45. The van der Waals surface area contributed by atoms with E-state index in [1.54, 1.807) is 13.8 Å². The van der Waals surface area contributed by atoms with Crippen molar-refractivity contribution in [1.29, 1.82) is 0 Å². The van der Waals surface area contributed by atoms with Crippen molar-refractivity contribution in [2.45, 2.75) is 77.2 Å². The number of H-pyrrole nitrogens is 1. The van der Waals surface area contributed by atoms with E-state index in [4.69, 9.17) is 4.74 Å². The van der Waals surface area contributed by atoms with E-state index in [1.807, 2.05) is 31.2 Å². The van der Waals surface area contributed by atoms with Crippen LogP contribution < -0.4 is 10.7 Å². The Hall–Kier alpha value is -2.18. The molecule has 6 heteroatoms. The molecule has 1 saturated carbocycles. The van der Waals surface area contributed by atoms with Crippen LogP contribution in [0.3, 0.4) is 0 Å². The van der Waals surface area contributed by atoms with Gasteiger partial charge < -0.3 is 20.1 Å². The number of fused-ring (bicyclic) bond motifs is 1. The standard InChI is InChI=1S/C22H30N2O4/c1-14-19(24-18-7-5-4-6-17(18)21(14)26)13-28-16-10-8-15(9-11-16)23-20(25)12-22(2,3)27/h4-7,15-16,27H,8-13H2,1-3H3,(H,23,25)(H,24,26)/t15-,16-. The van der Waals surface area contributed by atoms with Crippen molar-refractivity contribution in [3.8, 4) is 0 Å². The molecular formula is C22H30N2O4. The van der Waals surface area contributed by atoms with Crippen LogP contribution in [0.25, 0.3) is 10.9 Å². The lowest BCUT2D eigenvalue weighted by molar-refractivity contribution is -0.126. The molecule has 0 bridgehead atoms. The topological polar surface area (TPSA) is 91.4 Å². The summed E-state index contributed by atoms with van der Waals surface area (Å²) in [5.41, 5.74) is 1.41. The summed E-state index contributed by atoms with van der Waals surface area (Å²) in [5, 5.41) is 13.4. The number of aromatic nitrogens is 1. The summed E-state index contributed by atoms with van der Waals surface area (Å²) in [6.07, 6.45) is 3.68. The van der Waals surface area contributed by atoms with Crippen LogP contribution >= 0.6 is 0 Å². The first-order valence-electron chi connectivity index (χ1n) is 9.97. The Morgan fingerprint density at radius 2 is 1.93 bits per heavy atom. The molecule has 1 heterocycles. The van der Waals surface area contributed by atoms with Gasteiger partial charge in [-0.2, -0.15) is 0 Å². The fourth-order valence-electron chi connectivity index (χ4n) is 3.78. The van der Waals surface area contributed by atoms with E-state index in [2.05, 4.69) is 10.3 Å². The third-order valence-corrected chi connectivity index (χ3v) is 5.35. The van der Waals surface area contributed by atoms with Gasteiger partial charge in [-0.25, -0.2) is 0 Å². The van der Waals surface area contributed by atoms with Gasteiger partial charge in [0.2, 0.25) is 5.91 Å². The first-order valence-corrected chi connectivity index (χ1v) is 9.97. The Kier molecular flexibility index (Phi) is 6.20. The number of aliphatic hydroxyl groups is 1. The van der Waals surface area contributed by atoms with Crippen molar-refractivity contribution in [2.75, 3.05) is 0 Å². The van der Waals surface area contributed by atoms with E-state index in [0.29, 0.717) is 17.6 Å². The monoisotopic (exact) mass is 386 g/mol. The van der Waals surface area contributed by atoms with Gasteiger partial charge in [0.15, 0.2) is 5.43 Å². The van der Waals surface area contributed by atoms with Crippen LogP contribution in [0.2, 0.25) is 0 Å². The van der Waals surface area contributed by atoms with Gasteiger partial charge in [0.05, 0.1) is 24.7 Å². The van der Waals surface area contributed by atoms with Crippen molar-refractivity contribution in [2.24, 2.45) is 0 Å². The average molecular weight is 386 g/mol. The fourth-order valence-corrected chi connectivity index (χ4v) is 3.78. The minimum atomic E-state index is -0.987. The highest BCUT2D eigenvalue weighted by Crippen LogP contribution is 2.23. The van der Waals surface area contributed by atoms with Crippen LogP contribution in [-0.2, 0) is 16.1 Å². The predicted octanol–water partition coefficient (Wildman–Crippen LogP) is 2.94. The summed E-state index contributed by atoms with van der Waals surface area (Å²) < 4.78 is 6.06. The molecular weight excluding hydrogens is 356 g/mol. The van der Waals surface area contributed by atoms with E-state index in [0.717, 1.165) is 36.9 Å². The number of carbonyl (C=O) groups is 1. The van der Waals surface area contributed by atoms with Crippen LogP contribution in [0.5, 0.6) is 0 Å². The van der Waals surface area contributed by atoms with E-state index >= 15 is 0 Å². The van der Waals surface area contributed by atoms with Gasteiger partial charge in [0, 0.05) is 28.2 Å². The van der Waals surface area contributed by atoms with E-state index < -0.39 is 5.60 Å². The average Bonchev–Trinajstić information content (AvgIpc) is 2.63. The number of benzene rings is 1. The SMILES string of the molecule is Cc1c(CO[C@H]2CC[C@H](NC(=O)CC(C)(C)O)CC2)[nH]c2ccccc2c1=O. The molecule has 0 unspecified atom stereocenters.